The Hall–Kier alpha value is -3.29. The fraction of sp³-hybridized carbons (Fsp3) is 0.125. The first kappa shape index (κ1) is 21.9. The number of benzene rings is 3. The molecule has 0 unspecified atom stereocenters. The molecule has 0 saturated carbocycles. The van der Waals surface area contributed by atoms with Crippen LogP contribution in [0.5, 0.6) is 5.75 Å². The molecule has 0 spiro atoms. The first-order valence-electron chi connectivity index (χ1n) is 9.96. The van der Waals surface area contributed by atoms with Crippen LogP contribution < -0.4 is 10.1 Å². The molecule has 1 aromatic heterocycles. The minimum Gasteiger partial charge on any atom is -0.494 e. The summed E-state index contributed by atoms with van der Waals surface area (Å²) in [5, 5.41) is 3.29. The summed E-state index contributed by atoms with van der Waals surface area (Å²) in [7, 11) is -3.97. The van der Waals surface area contributed by atoms with Crippen LogP contribution in [-0.2, 0) is 9.84 Å². The zero-order valence-electron chi connectivity index (χ0n) is 17.5. The van der Waals surface area contributed by atoms with E-state index in [4.69, 9.17) is 20.8 Å². The molecule has 164 valence electrons. The second kappa shape index (κ2) is 9.06. The molecule has 0 radical (unpaired) electrons. The molecule has 6 nitrogen and oxygen atoms in total. The number of oxazole rings is 1. The highest BCUT2D eigenvalue weighted by molar-refractivity contribution is 7.91. The van der Waals surface area contributed by atoms with E-state index in [1.165, 1.54) is 24.3 Å². The van der Waals surface area contributed by atoms with Crippen molar-refractivity contribution in [2.75, 3.05) is 11.9 Å². The summed E-state index contributed by atoms with van der Waals surface area (Å²) in [6, 6.07) is 20.6. The number of hydrogen-bond acceptors (Lipinski definition) is 6. The maximum absolute atomic E-state index is 13.4. The molecule has 0 aliphatic rings. The molecule has 3 aromatic carbocycles. The van der Waals surface area contributed by atoms with Crippen molar-refractivity contribution in [2.45, 2.75) is 23.8 Å². The average Bonchev–Trinajstić information content (AvgIpc) is 3.20. The second-order valence-electron chi connectivity index (χ2n) is 7.01. The minimum atomic E-state index is -3.97. The quantitative estimate of drug-likeness (QED) is 0.344. The molecule has 0 bridgehead atoms. The molecule has 1 N–H and O–H groups in total. The summed E-state index contributed by atoms with van der Waals surface area (Å²) in [5.74, 6) is 0.955. The van der Waals surface area contributed by atoms with Gasteiger partial charge in [-0.25, -0.2) is 8.42 Å². The maximum Gasteiger partial charge on any atom is 0.238 e. The van der Waals surface area contributed by atoms with Crippen molar-refractivity contribution in [1.29, 1.82) is 0 Å². The first-order valence-corrected chi connectivity index (χ1v) is 11.8. The third kappa shape index (κ3) is 4.49. The number of ether oxygens (including phenoxy) is 1. The predicted octanol–water partition coefficient (Wildman–Crippen LogP) is 6.28. The van der Waals surface area contributed by atoms with Gasteiger partial charge in [-0.3, -0.25) is 0 Å². The number of sulfone groups is 1. The number of rotatable bonds is 7. The van der Waals surface area contributed by atoms with Crippen LogP contribution in [0.2, 0.25) is 5.02 Å². The van der Waals surface area contributed by atoms with Crippen LogP contribution in [-0.4, -0.2) is 20.0 Å². The van der Waals surface area contributed by atoms with E-state index in [1.807, 2.05) is 38.1 Å². The summed E-state index contributed by atoms with van der Waals surface area (Å²) < 4.78 is 38.2. The SMILES string of the molecule is CCOc1ccc(Nc2oc(-c3ccccc3C)nc2S(=O)(=O)c2ccc(Cl)cc2)cc1. The number of nitrogens with one attached hydrogen (secondary N) is 1. The van der Waals surface area contributed by atoms with E-state index in [0.29, 0.717) is 28.6 Å². The van der Waals surface area contributed by atoms with Gasteiger partial charge < -0.3 is 14.5 Å². The van der Waals surface area contributed by atoms with E-state index >= 15 is 0 Å². The molecule has 0 saturated heterocycles. The van der Waals surface area contributed by atoms with Crippen LogP contribution >= 0.6 is 11.6 Å². The summed E-state index contributed by atoms with van der Waals surface area (Å²) in [4.78, 5) is 4.45. The Balaban J connectivity index is 1.80. The topological polar surface area (TPSA) is 81.4 Å². The van der Waals surface area contributed by atoms with Gasteiger partial charge in [-0.2, -0.15) is 4.98 Å². The normalized spacial score (nSPS) is 11.3. The molecule has 0 amide bonds. The lowest BCUT2D eigenvalue weighted by molar-refractivity contribution is 0.340. The average molecular weight is 469 g/mol. The van der Waals surface area contributed by atoms with Crippen LogP contribution in [0.3, 0.4) is 0 Å². The third-order valence-corrected chi connectivity index (χ3v) is 6.70. The Labute approximate surface area is 191 Å². The van der Waals surface area contributed by atoms with Crippen molar-refractivity contribution in [3.05, 3.63) is 83.4 Å². The maximum atomic E-state index is 13.4. The van der Waals surface area contributed by atoms with Gasteiger partial charge in [-0.05, 0) is 74.0 Å². The lowest BCUT2D eigenvalue weighted by Crippen LogP contribution is -2.05. The lowest BCUT2D eigenvalue weighted by atomic mass is 10.1. The van der Waals surface area contributed by atoms with Gasteiger partial charge >= 0.3 is 0 Å². The Morgan fingerprint density at radius 2 is 1.69 bits per heavy atom. The van der Waals surface area contributed by atoms with Gasteiger partial charge in [0.15, 0.2) is 0 Å². The van der Waals surface area contributed by atoms with Gasteiger partial charge in [-0.15, -0.1) is 0 Å². The Kier molecular flexibility index (Phi) is 6.21. The van der Waals surface area contributed by atoms with Crippen LogP contribution in [0.4, 0.5) is 11.6 Å². The van der Waals surface area contributed by atoms with Gasteiger partial charge in [0.1, 0.15) is 5.75 Å². The van der Waals surface area contributed by atoms with Crippen molar-refractivity contribution >= 4 is 33.0 Å². The van der Waals surface area contributed by atoms with E-state index < -0.39 is 9.84 Å². The van der Waals surface area contributed by atoms with Crippen LogP contribution in [0.25, 0.3) is 11.5 Å². The molecular weight excluding hydrogens is 448 g/mol. The Morgan fingerprint density at radius 1 is 1.00 bits per heavy atom. The molecule has 1 heterocycles. The predicted molar refractivity (Wildman–Crippen MR) is 124 cm³/mol. The smallest absolute Gasteiger partial charge is 0.238 e. The highest BCUT2D eigenvalue weighted by Gasteiger charge is 2.29. The van der Waals surface area contributed by atoms with E-state index in [9.17, 15) is 8.42 Å². The zero-order chi connectivity index (χ0) is 22.7. The highest BCUT2D eigenvalue weighted by atomic mass is 35.5. The standard InChI is InChI=1S/C24H21ClN2O4S/c1-3-30-19-12-10-18(11-13-19)26-23-24(32(28,29)20-14-8-17(25)9-15-20)27-22(31-23)21-7-5-4-6-16(21)2/h4-15,26H,3H2,1-2H3. The largest absolute Gasteiger partial charge is 0.494 e. The van der Waals surface area contributed by atoms with Crippen LogP contribution in [0.15, 0.2) is 87.1 Å². The van der Waals surface area contributed by atoms with E-state index in [0.717, 1.165) is 5.56 Å². The minimum absolute atomic E-state index is 0.0300. The summed E-state index contributed by atoms with van der Waals surface area (Å²) >= 11 is 5.93. The Morgan fingerprint density at radius 3 is 2.34 bits per heavy atom. The first-order chi connectivity index (χ1) is 15.4. The summed E-state index contributed by atoms with van der Waals surface area (Å²) in [5.41, 5.74) is 2.25. The van der Waals surface area contributed by atoms with Gasteiger partial charge in [0.25, 0.3) is 0 Å². The number of halogens is 1. The lowest BCUT2D eigenvalue weighted by Gasteiger charge is -2.08. The highest BCUT2D eigenvalue weighted by Crippen LogP contribution is 2.35. The van der Waals surface area contributed by atoms with Gasteiger partial charge in [0, 0.05) is 16.3 Å². The number of aromatic nitrogens is 1. The van der Waals surface area contributed by atoms with E-state index in [2.05, 4.69) is 10.3 Å². The third-order valence-electron chi connectivity index (χ3n) is 4.77. The number of nitrogens with zero attached hydrogens (tertiary/aromatic N) is 1. The summed E-state index contributed by atoms with van der Waals surface area (Å²) in [6.45, 7) is 4.37. The zero-order valence-corrected chi connectivity index (χ0v) is 19.1. The molecule has 8 heteroatoms. The van der Waals surface area contributed by atoms with Crippen LogP contribution in [0.1, 0.15) is 12.5 Å². The fourth-order valence-corrected chi connectivity index (χ4v) is 4.54. The molecule has 0 aliphatic heterocycles. The number of hydrogen-bond donors (Lipinski definition) is 1. The van der Waals surface area contributed by atoms with Crippen molar-refractivity contribution in [2.24, 2.45) is 0 Å². The molecule has 0 atom stereocenters. The van der Waals surface area contributed by atoms with Gasteiger partial charge in [0.05, 0.1) is 11.5 Å². The number of aryl methyl sites for hydroxylation is 1. The molecule has 0 fully saturated rings. The van der Waals surface area contributed by atoms with Crippen molar-refractivity contribution < 1.29 is 17.6 Å². The molecule has 4 aromatic rings. The molecule has 4 rings (SSSR count). The van der Waals surface area contributed by atoms with Crippen LogP contribution in [0, 0.1) is 6.92 Å². The summed E-state index contributed by atoms with van der Waals surface area (Å²) in [6.07, 6.45) is 0. The fourth-order valence-electron chi connectivity index (χ4n) is 3.15. The van der Waals surface area contributed by atoms with Crippen molar-refractivity contribution in [1.82, 2.24) is 4.98 Å². The molecular formula is C24H21ClN2O4S. The van der Waals surface area contributed by atoms with Gasteiger partial charge in [-0.1, -0.05) is 29.8 Å². The molecule has 0 aliphatic carbocycles. The Bertz CT molecular complexity index is 1330. The van der Waals surface area contributed by atoms with Gasteiger partial charge in [0.2, 0.25) is 26.6 Å². The molecule has 32 heavy (non-hydrogen) atoms. The van der Waals surface area contributed by atoms with E-state index in [-0.39, 0.29) is 21.7 Å². The number of anilines is 2. The second-order valence-corrected chi connectivity index (χ2v) is 9.31. The van der Waals surface area contributed by atoms with Crippen molar-refractivity contribution in [3.63, 3.8) is 0 Å². The van der Waals surface area contributed by atoms with E-state index in [1.54, 1.807) is 24.3 Å². The monoisotopic (exact) mass is 468 g/mol. The van der Waals surface area contributed by atoms with Crippen molar-refractivity contribution in [3.8, 4) is 17.2 Å².